The molecule has 5 aromatic rings. The Kier molecular flexibility index (Phi) is 3.34. The molecule has 0 amide bonds. The predicted octanol–water partition coefficient (Wildman–Crippen LogP) is 3.85. The van der Waals surface area contributed by atoms with Gasteiger partial charge in [-0.3, -0.25) is 4.98 Å². The average Bonchev–Trinajstić information content (AvgIpc) is 3.40. The molecule has 0 atom stereocenters. The summed E-state index contributed by atoms with van der Waals surface area (Å²) in [6, 6.07) is 14.0. The van der Waals surface area contributed by atoms with Crippen LogP contribution in [0.4, 0.5) is 0 Å². The van der Waals surface area contributed by atoms with E-state index in [0.29, 0.717) is 11.5 Å². The number of hydrogen-bond acceptors (Lipinski definition) is 5. The van der Waals surface area contributed by atoms with E-state index in [4.69, 9.17) is 4.74 Å². The molecule has 3 aromatic heterocycles. The van der Waals surface area contributed by atoms with Crippen molar-refractivity contribution in [2.75, 3.05) is 0 Å². The van der Waals surface area contributed by atoms with Crippen molar-refractivity contribution in [2.45, 2.75) is 25.9 Å². The fraction of sp³-hybridized carbons (Fsp3) is 0.190. The van der Waals surface area contributed by atoms with Crippen LogP contribution in [0, 0.1) is 0 Å². The first-order valence-electron chi connectivity index (χ1n) is 9.31. The molecule has 0 saturated carbocycles. The molecule has 6 nitrogen and oxygen atoms in total. The van der Waals surface area contributed by atoms with E-state index in [1.807, 2.05) is 30.3 Å². The molecule has 1 aliphatic rings. The van der Waals surface area contributed by atoms with Gasteiger partial charge in [0.1, 0.15) is 17.2 Å². The van der Waals surface area contributed by atoms with E-state index < -0.39 is 0 Å². The van der Waals surface area contributed by atoms with E-state index in [9.17, 15) is 4.79 Å². The zero-order valence-electron chi connectivity index (χ0n) is 14.9. The Balaban J connectivity index is 1.42. The first-order valence-corrected chi connectivity index (χ1v) is 10.1. The van der Waals surface area contributed by atoms with Crippen LogP contribution in [0.2, 0.25) is 0 Å². The number of hydrogen-bond donors (Lipinski definition) is 1. The van der Waals surface area contributed by atoms with Gasteiger partial charge in [0.25, 0.3) is 0 Å². The lowest BCUT2D eigenvalue weighted by Crippen LogP contribution is -2.17. The van der Waals surface area contributed by atoms with Crippen LogP contribution in [-0.4, -0.2) is 19.6 Å². The number of aryl methyl sites for hydroxylation is 2. The highest BCUT2D eigenvalue weighted by Gasteiger charge is 2.22. The maximum Gasteiger partial charge on any atom is 0.349 e. The van der Waals surface area contributed by atoms with Gasteiger partial charge in [0, 0.05) is 10.3 Å². The number of nitrogens with zero attached hydrogens (tertiary/aromatic N) is 3. The van der Waals surface area contributed by atoms with Gasteiger partial charge in [-0.15, -0.1) is 16.4 Å². The second kappa shape index (κ2) is 5.90. The van der Waals surface area contributed by atoms with Crippen LogP contribution in [0.5, 0.6) is 5.75 Å². The van der Waals surface area contributed by atoms with E-state index in [2.05, 4.69) is 27.2 Å². The van der Waals surface area contributed by atoms with Crippen LogP contribution in [0.1, 0.15) is 22.7 Å². The van der Waals surface area contributed by atoms with Crippen molar-refractivity contribution >= 4 is 38.0 Å². The largest absolute Gasteiger partial charge is 0.485 e. The third kappa shape index (κ3) is 2.29. The maximum atomic E-state index is 12.5. The van der Waals surface area contributed by atoms with Crippen LogP contribution >= 0.6 is 11.3 Å². The summed E-state index contributed by atoms with van der Waals surface area (Å²) in [4.78, 5) is 22.3. The summed E-state index contributed by atoms with van der Waals surface area (Å²) in [5.74, 6) is 1.29. The fourth-order valence-corrected chi connectivity index (χ4v) is 5.34. The third-order valence-corrected chi connectivity index (χ3v) is 6.52. The van der Waals surface area contributed by atoms with Crippen LogP contribution in [-0.2, 0) is 19.4 Å². The Morgan fingerprint density at radius 1 is 1.14 bits per heavy atom. The van der Waals surface area contributed by atoms with E-state index in [1.165, 1.54) is 15.0 Å². The zero-order valence-corrected chi connectivity index (χ0v) is 15.8. The van der Waals surface area contributed by atoms with E-state index in [0.717, 1.165) is 46.0 Å². The second-order valence-electron chi connectivity index (χ2n) is 7.02. The Labute approximate surface area is 163 Å². The molecule has 28 heavy (non-hydrogen) atoms. The van der Waals surface area contributed by atoms with Gasteiger partial charge in [-0.25, -0.2) is 9.78 Å². The Hall–Kier alpha value is -3.19. The number of fused-ring (bicyclic) bond motifs is 6. The average molecular weight is 388 g/mol. The number of benzene rings is 2. The molecule has 0 spiro atoms. The van der Waals surface area contributed by atoms with Gasteiger partial charge >= 0.3 is 5.69 Å². The molecule has 1 N–H and O–H groups in total. The van der Waals surface area contributed by atoms with Crippen LogP contribution in [0.25, 0.3) is 26.6 Å². The summed E-state index contributed by atoms with van der Waals surface area (Å²) in [5, 5.41) is 7.61. The minimum absolute atomic E-state index is 0.211. The second-order valence-corrected chi connectivity index (χ2v) is 8.13. The first kappa shape index (κ1) is 15.8. The smallest absolute Gasteiger partial charge is 0.349 e. The lowest BCUT2D eigenvalue weighted by Gasteiger charge is -2.07. The van der Waals surface area contributed by atoms with Gasteiger partial charge in [-0.2, -0.15) is 4.52 Å². The molecule has 3 heterocycles. The standard InChI is InChI=1S/C21H16N4O2S/c26-21-23-20-18(14-8-4-10-16(14)28-20)19-22-17(24-25(19)21)11-27-15-9-3-6-12-5-1-2-7-13(12)15/h1-3,5-7,9H,4,8,10-11H2,(H,23,26). The monoisotopic (exact) mass is 388 g/mol. The summed E-state index contributed by atoms with van der Waals surface area (Å²) >= 11 is 1.67. The van der Waals surface area contributed by atoms with Crippen molar-refractivity contribution in [3.8, 4) is 5.75 Å². The molecule has 7 heteroatoms. The molecule has 0 aliphatic heterocycles. The summed E-state index contributed by atoms with van der Waals surface area (Å²) < 4.78 is 7.38. The lowest BCUT2D eigenvalue weighted by atomic mass is 10.1. The van der Waals surface area contributed by atoms with Gasteiger partial charge < -0.3 is 4.74 Å². The molecule has 6 rings (SSSR count). The molecule has 1 aliphatic carbocycles. The molecular formula is C21H16N4O2S. The number of nitrogens with one attached hydrogen (secondary N) is 1. The number of aromatic amines is 1. The summed E-state index contributed by atoms with van der Waals surface area (Å²) in [7, 11) is 0. The van der Waals surface area contributed by atoms with Crippen LogP contribution in [0.3, 0.4) is 0 Å². The Bertz CT molecular complexity index is 1420. The molecule has 2 aromatic carbocycles. The van der Waals surface area contributed by atoms with Gasteiger partial charge in [0.05, 0.1) is 5.39 Å². The zero-order chi connectivity index (χ0) is 18.7. The minimum Gasteiger partial charge on any atom is -0.485 e. The van der Waals surface area contributed by atoms with Gasteiger partial charge in [-0.1, -0.05) is 36.4 Å². The SMILES string of the molecule is O=c1[nH]c2sc3c(c2c2nc(COc4cccc5ccccc45)nn12)CCC3. The Morgan fingerprint density at radius 2 is 2.04 bits per heavy atom. The van der Waals surface area contributed by atoms with Crippen molar-refractivity contribution < 1.29 is 4.74 Å². The molecule has 138 valence electrons. The molecule has 0 fully saturated rings. The van der Waals surface area contributed by atoms with Crippen molar-refractivity contribution in [3.63, 3.8) is 0 Å². The lowest BCUT2D eigenvalue weighted by molar-refractivity contribution is 0.299. The molecular weight excluding hydrogens is 372 g/mol. The fourth-order valence-electron chi connectivity index (χ4n) is 4.06. The number of rotatable bonds is 3. The van der Waals surface area contributed by atoms with Crippen LogP contribution < -0.4 is 10.4 Å². The normalized spacial score (nSPS) is 13.6. The number of aromatic nitrogens is 4. The predicted molar refractivity (Wildman–Crippen MR) is 109 cm³/mol. The van der Waals surface area contributed by atoms with Crippen molar-refractivity contribution in [3.05, 3.63) is 69.2 Å². The highest BCUT2D eigenvalue weighted by atomic mass is 32.1. The number of H-pyrrole nitrogens is 1. The number of thiophene rings is 1. The highest BCUT2D eigenvalue weighted by molar-refractivity contribution is 7.19. The minimum atomic E-state index is -0.258. The molecule has 0 bridgehead atoms. The van der Waals surface area contributed by atoms with Crippen molar-refractivity contribution in [1.29, 1.82) is 0 Å². The summed E-state index contributed by atoms with van der Waals surface area (Å²) in [6.45, 7) is 0.211. The third-order valence-electron chi connectivity index (χ3n) is 5.32. The van der Waals surface area contributed by atoms with Crippen molar-refractivity contribution in [2.24, 2.45) is 0 Å². The summed E-state index contributed by atoms with van der Waals surface area (Å²) in [6.07, 6.45) is 3.27. The highest BCUT2D eigenvalue weighted by Crippen LogP contribution is 2.37. The number of ether oxygens (including phenoxy) is 1. The van der Waals surface area contributed by atoms with Gasteiger partial charge in [-0.05, 0) is 36.3 Å². The van der Waals surface area contributed by atoms with Gasteiger partial charge in [0.15, 0.2) is 11.5 Å². The maximum absolute atomic E-state index is 12.5. The first-order chi connectivity index (χ1) is 13.8. The molecule has 0 unspecified atom stereocenters. The topological polar surface area (TPSA) is 72.3 Å². The van der Waals surface area contributed by atoms with E-state index in [1.54, 1.807) is 11.3 Å². The van der Waals surface area contributed by atoms with Gasteiger partial charge in [0.2, 0.25) is 0 Å². The van der Waals surface area contributed by atoms with E-state index in [-0.39, 0.29) is 12.3 Å². The summed E-state index contributed by atoms with van der Waals surface area (Å²) in [5.41, 5.74) is 1.69. The quantitative estimate of drug-likeness (QED) is 0.510. The molecule has 0 saturated heterocycles. The molecule has 0 radical (unpaired) electrons. The van der Waals surface area contributed by atoms with Crippen LogP contribution in [0.15, 0.2) is 47.3 Å². The van der Waals surface area contributed by atoms with Crippen molar-refractivity contribution in [1.82, 2.24) is 19.6 Å². The van der Waals surface area contributed by atoms with E-state index >= 15 is 0 Å². The Morgan fingerprint density at radius 3 is 3.00 bits per heavy atom.